The monoisotopic (exact) mass is 283 g/mol. The summed E-state index contributed by atoms with van der Waals surface area (Å²) >= 11 is 0. The zero-order valence-corrected chi connectivity index (χ0v) is 13.4. The molecule has 0 aliphatic carbocycles. The molecule has 0 bridgehead atoms. The van der Waals surface area contributed by atoms with Gasteiger partial charge in [0.2, 0.25) is 0 Å². The molecule has 1 aromatic carbocycles. The normalized spacial score (nSPS) is 11.4. The van der Waals surface area contributed by atoms with Crippen LogP contribution in [0.2, 0.25) is 0 Å². The van der Waals surface area contributed by atoms with E-state index in [1.165, 1.54) is 11.1 Å². The van der Waals surface area contributed by atoms with Gasteiger partial charge in [-0.05, 0) is 41.7 Å². The van der Waals surface area contributed by atoms with Crippen LogP contribution in [0.1, 0.15) is 38.8 Å². The van der Waals surface area contributed by atoms with Crippen LogP contribution in [0.4, 0.5) is 11.5 Å². The number of hydrogen-bond acceptors (Lipinski definition) is 3. The van der Waals surface area contributed by atoms with Crippen molar-refractivity contribution in [2.75, 3.05) is 17.2 Å². The Morgan fingerprint density at radius 1 is 1.05 bits per heavy atom. The second-order valence-electron chi connectivity index (χ2n) is 6.41. The molecule has 0 saturated carbocycles. The summed E-state index contributed by atoms with van der Waals surface area (Å²) in [6.07, 6.45) is 1.99. The minimum Gasteiger partial charge on any atom is -0.399 e. The van der Waals surface area contributed by atoms with Gasteiger partial charge >= 0.3 is 0 Å². The topological polar surface area (TPSA) is 42.1 Å². The second kappa shape index (κ2) is 6.17. The van der Waals surface area contributed by atoms with Crippen LogP contribution < -0.4 is 10.6 Å². The Morgan fingerprint density at radius 3 is 2.19 bits per heavy atom. The van der Waals surface area contributed by atoms with Crippen LogP contribution in [-0.4, -0.2) is 11.5 Å². The number of nitrogen functional groups attached to an aromatic ring is 1. The number of anilines is 2. The molecule has 0 aliphatic heterocycles. The van der Waals surface area contributed by atoms with Gasteiger partial charge in [-0.3, -0.25) is 0 Å². The average molecular weight is 283 g/mol. The Balaban J connectivity index is 2.15. The van der Waals surface area contributed by atoms with E-state index in [9.17, 15) is 0 Å². The predicted octanol–water partition coefficient (Wildman–Crippen LogP) is 3.99. The molecule has 0 atom stereocenters. The van der Waals surface area contributed by atoms with Crippen LogP contribution >= 0.6 is 0 Å². The molecule has 0 spiro atoms. The second-order valence-corrected chi connectivity index (χ2v) is 6.41. The molecule has 2 rings (SSSR count). The van der Waals surface area contributed by atoms with Crippen LogP contribution in [0, 0.1) is 0 Å². The number of nitrogens with zero attached hydrogens (tertiary/aromatic N) is 2. The largest absolute Gasteiger partial charge is 0.399 e. The van der Waals surface area contributed by atoms with E-state index in [-0.39, 0.29) is 5.41 Å². The molecule has 0 unspecified atom stereocenters. The van der Waals surface area contributed by atoms with Gasteiger partial charge in [-0.25, -0.2) is 4.98 Å². The lowest BCUT2D eigenvalue weighted by atomic mass is 9.88. The minimum absolute atomic E-state index is 0.138. The standard InChI is InChI=1S/C18H25N3/c1-5-21(13-14-6-9-16(19)10-7-14)17-11-8-15(12-20-17)18(2,3)4/h6-12H,5,13,19H2,1-4H3. The average Bonchev–Trinajstić information content (AvgIpc) is 2.46. The molecule has 2 aromatic rings. The third-order valence-corrected chi connectivity index (χ3v) is 3.67. The van der Waals surface area contributed by atoms with Gasteiger partial charge in [0.25, 0.3) is 0 Å². The maximum atomic E-state index is 5.73. The number of rotatable bonds is 4. The number of nitrogens with two attached hydrogens (primary N) is 1. The molecule has 1 aromatic heterocycles. The van der Waals surface area contributed by atoms with E-state index in [0.29, 0.717) is 0 Å². The first kappa shape index (κ1) is 15.4. The molecular weight excluding hydrogens is 258 g/mol. The van der Waals surface area contributed by atoms with Gasteiger partial charge in [-0.2, -0.15) is 0 Å². The first-order valence-electron chi connectivity index (χ1n) is 7.46. The highest BCUT2D eigenvalue weighted by molar-refractivity contribution is 5.44. The summed E-state index contributed by atoms with van der Waals surface area (Å²) in [6.45, 7) is 10.5. The number of pyridine rings is 1. The van der Waals surface area contributed by atoms with Crippen molar-refractivity contribution in [2.24, 2.45) is 0 Å². The molecule has 112 valence electrons. The lowest BCUT2D eigenvalue weighted by molar-refractivity contribution is 0.587. The molecule has 0 saturated heterocycles. The van der Waals surface area contributed by atoms with Crippen LogP contribution in [-0.2, 0) is 12.0 Å². The third kappa shape index (κ3) is 3.97. The van der Waals surface area contributed by atoms with Crippen LogP contribution in [0.5, 0.6) is 0 Å². The summed E-state index contributed by atoms with van der Waals surface area (Å²) < 4.78 is 0. The van der Waals surface area contributed by atoms with Crippen molar-refractivity contribution in [3.8, 4) is 0 Å². The van der Waals surface area contributed by atoms with E-state index in [1.807, 2.05) is 18.3 Å². The predicted molar refractivity (Wildman–Crippen MR) is 90.5 cm³/mol. The van der Waals surface area contributed by atoms with Crippen molar-refractivity contribution in [2.45, 2.75) is 39.7 Å². The quantitative estimate of drug-likeness (QED) is 0.863. The summed E-state index contributed by atoms with van der Waals surface area (Å²) in [5.74, 6) is 1.02. The summed E-state index contributed by atoms with van der Waals surface area (Å²) in [7, 11) is 0. The Labute approximate surface area is 127 Å². The first-order chi connectivity index (χ1) is 9.90. The Kier molecular flexibility index (Phi) is 4.51. The van der Waals surface area contributed by atoms with E-state index >= 15 is 0 Å². The molecular formula is C18H25N3. The zero-order chi connectivity index (χ0) is 15.5. The van der Waals surface area contributed by atoms with Crippen molar-refractivity contribution in [1.82, 2.24) is 4.98 Å². The third-order valence-electron chi connectivity index (χ3n) is 3.67. The number of aromatic nitrogens is 1. The van der Waals surface area contributed by atoms with Crippen molar-refractivity contribution >= 4 is 11.5 Å². The maximum Gasteiger partial charge on any atom is 0.128 e. The van der Waals surface area contributed by atoms with E-state index < -0.39 is 0 Å². The van der Waals surface area contributed by atoms with Gasteiger partial charge in [0.05, 0.1) is 0 Å². The van der Waals surface area contributed by atoms with Crippen molar-refractivity contribution < 1.29 is 0 Å². The van der Waals surface area contributed by atoms with Gasteiger partial charge in [-0.1, -0.05) is 39.0 Å². The van der Waals surface area contributed by atoms with Gasteiger partial charge in [0, 0.05) is 25.0 Å². The van der Waals surface area contributed by atoms with Crippen molar-refractivity contribution in [1.29, 1.82) is 0 Å². The highest BCUT2D eigenvalue weighted by Crippen LogP contribution is 2.23. The fourth-order valence-corrected chi connectivity index (χ4v) is 2.22. The molecule has 0 amide bonds. The van der Waals surface area contributed by atoms with Gasteiger partial charge < -0.3 is 10.6 Å². The smallest absolute Gasteiger partial charge is 0.128 e. The SMILES string of the molecule is CCN(Cc1ccc(N)cc1)c1ccc(C(C)(C)C)cn1. The molecule has 0 aliphatic rings. The van der Waals surface area contributed by atoms with Crippen LogP contribution in [0.25, 0.3) is 0 Å². The minimum atomic E-state index is 0.138. The number of benzene rings is 1. The maximum absolute atomic E-state index is 5.73. The molecule has 0 radical (unpaired) electrons. The summed E-state index contributed by atoms with van der Waals surface area (Å²) in [5.41, 5.74) is 9.17. The molecule has 2 N–H and O–H groups in total. The zero-order valence-electron chi connectivity index (χ0n) is 13.4. The molecule has 3 heteroatoms. The van der Waals surface area contributed by atoms with E-state index in [0.717, 1.165) is 24.6 Å². The highest BCUT2D eigenvalue weighted by Gasteiger charge is 2.14. The van der Waals surface area contributed by atoms with Crippen molar-refractivity contribution in [3.05, 3.63) is 53.7 Å². The molecule has 21 heavy (non-hydrogen) atoms. The summed E-state index contributed by atoms with van der Waals surface area (Å²) in [4.78, 5) is 6.89. The lowest BCUT2D eigenvalue weighted by Crippen LogP contribution is -2.23. The highest BCUT2D eigenvalue weighted by atomic mass is 15.2. The molecule has 3 nitrogen and oxygen atoms in total. The van der Waals surface area contributed by atoms with Crippen LogP contribution in [0.3, 0.4) is 0 Å². The first-order valence-corrected chi connectivity index (χ1v) is 7.46. The Hall–Kier alpha value is -2.03. The number of hydrogen-bond donors (Lipinski definition) is 1. The van der Waals surface area contributed by atoms with E-state index in [1.54, 1.807) is 0 Å². The van der Waals surface area contributed by atoms with Gasteiger partial charge in [0.15, 0.2) is 0 Å². The Bertz CT molecular complexity index is 565. The summed E-state index contributed by atoms with van der Waals surface area (Å²) in [5, 5.41) is 0. The van der Waals surface area contributed by atoms with E-state index in [4.69, 9.17) is 5.73 Å². The fourth-order valence-electron chi connectivity index (χ4n) is 2.22. The van der Waals surface area contributed by atoms with Gasteiger partial charge in [0.1, 0.15) is 5.82 Å². The van der Waals surface area contributed by atoms with E-state index in [2.05, 4.69) is 61.8 Å². The van der Waals surface area contributed by atoms with Gasteiger partial charge in [-0.15, -0.1) is 0 Å². The summed E-state index contributed by atoms with van der Waals surface area (Å²) in [6, 6.07) is 12.3. The molecule has 0 fully saturated rings. The van der Waals surface area contributed by atoms with Crippen molar-refractivity contribution in [3.63, 3.8) is 0 Å². The van der Waals surface area contributed by atoms with Crippen LogP contribution in [0.15, 0.2) is 42.6 Å². The lowest BCUT2D eigenvalue weighted by Gasteiger charge is -2.24. The molecule has 1 heterocycles. The fraction of sp³-hybridized carbons (Fsp3) is 0.389. The Morgan fingerprint density at radius 2 is 1.71 bits per heavy atom.